The molecule has 0 spiro atoms. The van der Waals surface area contributed by atoms with Crippen LogP contribution in [0.4, 0.5) is 0 Å². The van der Waals surface area contributed by atoms with Gasteiger partial charge in [-0.2, -0.15) is 0 Å². The Morgan fingerprint density at radius 2 is 1.21 bits per heavy atom. The van der Waals surface area contributed by atoms with Crippen molar-refractivity contribution in [1.29, 1.82) is 0 Å². The van der Waals surface area contributed by atoms with Crippen molar-refractivity contribution in [2.45, 2.75) is 12.6 Å². The van der Waals surface area contributed by atoms with Gasteiger partial charge in [0.25, 0.3) is 0 Å². The topological polar surface area (TPSA) is 20.3 Å². The van der Waals surface area contributed by atoms with Crippen molar-refractivity contribution < 1.29 is 4.57 Å². The molecule has 0 bridgehead atoms. The molecule has 2 atom stereocenters. The third kappa shape index (κ3) is 3.06. The van der Waals surface area contributed by atoms with E-state index in [-0.39, 0.29) is 6.04 Å². The summed E-state index contributed by atoms with van der Waals surface area (Å²) in [6.45, 7) is 0.626. The van der Waals surface area contributed by atoms with E-state index in [9.17, 15) is 4.57 Å². The molecule has 0 radical (unpaired) electrons. The summed E-state index contributed by atoms with van der Waals surface area (Å²) < 4.78 is 17.1. The van der Waals surface area contributed by atoms with Gasteiger partial charge < -0.3 is 0 Å². The van der Waals surface area contributed by atoms with Gasteiger partial charge in [0.2, 0.25) is 7.29 Å². The summed E-state index contributed by atoms with van der Waals surface area (Å²) in [6, 6.07) is 38.9. The van der Waals surface area contributed by atoms with E-state index < -0.39 is 7.29 Å². The molecule has 4 aromatic carbocycles. The van der Waals surface area contributed by atoms with E-state index in [1.165, 1.54) is 5.56 Å². The summed E-state index contributed by atoms with van der Waals surface area (Å²) >= 11 is 0. The summed E-state index contributed by atoms with van der Waals surface area (Å²) in [5.74, 6) is 0. The van der Waals surface area contributed by atoms with Crippen LogP contribution < -0.4 is 10.6 Å². The Bertz CT molecular complexity index is 1160. The summed E-state index contributed by atoms with van der Waals surface area (Å²) in [4.78, 5) is 0. The average molecular weight is 395 g/mol. The van der Waals surface area contributed by atoms with E-state index in [0.29, 0.717) is 6.54 Å². The van der Waals surface area contributed by atoms with Crippen LogP contribution in [0.5, 0.6) is 0 Å². The molecule has 0 saturated heterocycles. The third-order valence-electron chi connectivity index (χ3n) is 5.63. The molecule has 5 rings (SSSR count). The van der Waals surface area contributed by atoms with Gasteiger partial charge >= 0.3 is 0 Å². The lowest BCUT2D eigenvalue weighted by atomic mass is 9.98. The van der Waals surface area contributed by atoms with Crippen LogP contribution in [0.3, 0.4) is 0 Å². The highest BCUT2D eigenvalue weighted by atomic mass is 31.2. The smallest absolute Gasteiger partial charge is 0.208 e. The van der Waals surface area contributed by atoms with Gasteiger partial charge in [0, 0.05) is 17.2 Å². The number of hydrogen-bond donors (Lipinski definition) is 0. The minimum Gasteiger partial charge on any atom is -0.296 e. The highest BCUT2D eigenvalue weighted by Crippen LogP contribution is 2.60. The molecule has 1 heterocycles. The normalized spacial score (nSPS) is 21.0. The Morgan fingerprint density at radius 3 is 1.90 bits per heavy atom. The zero-order valence-corrected chi connectivity index (χ0v) is 17.0. The lowest BCUT2D eigenvalue weighted by Crippen LogP contribution is -2.27. The Kier molecular flexibility index (Phi) is 4.67. The Balaban J connectivity index is 1.75. The first-order valence-corrected chi connectivity index (χ1v) is 11.6. The van der Waals surface area contributed by atoms with Crippen molar-refractivity contribution in [2.24, 2.45) is 0 Å². The molecular formula is C26H22NOP. The second-order valence-electron chi connectivity index (χ2n) is 7.37. The lowest BCUT2D eigenvalue weighted by molar-refractivity contribution is 0.374. The van der Waals surface area contributed by atoms with Crippen molar-refractivity contribution in [3.63, 3.8) is 0 Å². The van der Waals surface area contributed by atoms with E-state index >= 15 is 0 Å². The number of rotatable bonds is 4. The van der Waals surface area contributed by atoms with Crippen LogP contribution in [-0.4, -0.2) is 4.67 Å². The molecule has 2 nitrogen and oxygen atoms in total. The van der Waals surface area contributed by atoms with Gasteiger partial charge in [-0.05, 0) is 34.9 Å². The summed E-state index contributed by atoms with van der Waals surface area (Å²) in [6.07, 6.45) is 0. The van der Waals surface area contributed by atoms with E-state index in [1.54, 1.807) is 0 Å². The van der Waals surface area contributed by atoms with E-state index in [4.69, 9.17) is 0 Å². The van der Waals surface area contributed by atoms with Gasteiger partial charge in [0.1, 0.15) is 0 Å². The molecule has 0 N–H and O–H groups in total. The molecule has 0 unspecified atom stereocenters. The molecular weight excluding hydrogens is 373 g/mol. The van der Waals surface area contributed by atoms with Gasteiger partial charge in [-0.15, -0.1) is 0 Å². The molecule has 0 fully saturated rings. The Labute approximate surface area is 171 Å². The number of hydrogen-bond acceptors (Lipinski definition) is 1. The molecule has 29 heavy (non-hydrogen) atoms. The Hall–Kier alpha value is -2.93. The predicted octanol–water partition coefficient (Wildman–Crippen LogP) is 5.52. The van der Waals surface area contributed by atoms with E-state index in [0.717, 1.165) is 21.7 Å². The SMILES string of the molecule is O=[P@]1(c2ccccc2)c2ccccc2[C@@H](c2ccccc2)N1Cc1ccccc1. The first-order chi connectivity index (χ1) is 14.3. The highest BCUT2D eigenvalue weighted by Gasteiger charge is 2.48. The monoisotopic (exact) mass is 395 g/mol. The van der Waals surface area contributed by atoms with Gasteiger partial charge in [0.05, 0.1) is 6.04 Å². The van der Waals surface area contributed by atoms with Crippen LogP contribution >= 0.6 is 7.29 Å². The fraction of sp³-hybridized carbons (Fsp3) is 0.0769. The van der Waals surface area contributed by atoms with E-state index in [1.807, 2.05) is 66.7 Å². The Morgan fingerprint density at radius 1 is 0.655 bits per heavy atom. The maximum atomic E-state index is 14.9. The molecule has 0 aromatic heterocycles. The van der Waals surface area contributed by atoms with Gasteiger partial charge in [0.15, 0.2) is 0 Å². The van der Waals surface area contributed by atoms with Gasteiger partial charge in [-0.25, -0.2) is 4.67 Å². The third-order valence-corrected chi connectivity index (χ3v) is 8.78. The van der Waals surface area contributed by atoms with Crippen molar-refractivity contribution in [1.82, 2.24) is 4.67 Å². The van der Waals surface area contributed by atoms with E-state index in [2.05, 4.69) is 53.2 Å². The molecule has 0 saturated carbocycles. The standard InChI is InChI=1S/C26H22NOP/c28-29(23-16-8-3-9-17-23)25-19-11-10-18-24(25)26(22-14-6-2-7-15-22)27(29)20-21-12-4-1-5-13-21/h1-19,26H,20H2/t26-,29-/m1/s1. The lowest BCUT2D eigenvalue weighted by Gasteiger charge is -2.31. The first kappa shape index (κ1) is 18.1. The minimum absolute atomic E-state index is 0.0429. The van der Waals surface area contributed by atoms with Gasteiger partial charge in [-0.3, -0.25) is 4.57 Å². The zero-order chi connectivity index (χ0) is 19.7. The van der Waals surface area contributed by atoms with Crippen LogP contribution in [-0.2, 0) is 11.1 Å². The molecule has 0 aliphatic carbocycles. The maximum absolute atomic E-state index is 14.9. The average Bonchev–Trinajstić information content (AvgIpc) is 3.05. The molecule has 4 aromatic rings. The first-order valence-electron chi connectivity index (χ1n) is 9.89. The van der Waals surface area contributed by atoms with Crippen molar-refractivity contribution >= 4 is 17.9 Å². The minimum atomic E-state index is -2.98. The van der Waals surface area contributed by atoms with Crippen LogP contribution in [0.2, 0.25) is 0 Å². The van der Waals surface area contributed by atoms with Crippen molar-refractivity contribution in [3.05, 3.63) is 132 Å². The summed E-state index contributed by atoms with van der Waals surface area (Å²) in [5, 5.41) is 1.85. The second-order valence-corrected chi connectivity index (χ2v) is 10.0. The fourth-order valence-corrected chi connectivity index (χ4v) is 7.53. The zero-order valence-electron chi connectivity index (χ0n) is 16.1. The second kappa shape index (κ2) is 7.48. The number of benzene rings is 4. The molecule has 1 aliphatic heterocycles. The van der Waals surface area contributed by atoms with Crippen LogP contribution in [0, 0.1) is 0 Å². The summed E-state index contributed by atoms with van der Waals surface area (Å²) in [7, 11) is -2.98. The summed E-state index contributed by atoms with van der Waals surface area (Å²) in [5.41, 5.74) is 3.48. The van der Waals surface area contributed by atoms with Crippen LogP contribution in [0.15, 0.2) is 115 Å². The molecule has 1 aliphatic rings. The van der Waals surface area contributed by atoms with Crippen molar-refractivity contribution in [2.75, 3.05) is 0 Å². The quantitative estimate of drug-likeness (QED) is 0.424. The van der Waals surface area contributed by atoms with Crippen LogP contribution in [0.1, 0.15) is 22.7 Å². The van der Waals surface area contributed by atoms with Gasteiger partial charge in [-0.1, -0.05) is 97.1 Å². The largest absolute Gasteiger partial charge is 0.296 e. The number of nitrogens with zero attached hydrogens (tertiary/aromatic N) is 1. The molecule has 142 valence electrons. The predicted molar refractivity (Wildman–Crippen MR) is 120 cm³/mol. The maximum Gasteiger partial charge on any atom is 0.208 e. The fourth-order valence-electron chi connectivity index (χ4n) is 4.32. The highest BCUT2D eigenvalue weighted by molar-refractivity contribution is 7.77. The molecule has 3 heteroatoms. The molecule has 0 amide bonds. The van der Waals surface area contributed by atoms with Crippen LogP contribution in [0.25, 0.3) is 0 Å². The van der Waals surface area contributed by atoms with Crippen molar-refractivity contribution in [3.8, 4) is 0 Å². The number of fused-ring (bicyclic) bond motifs is 1.